The summed E-state index contributed by atoms with van der Waals surface area (Å²) in [6, 6.07) is 7.60. The molecule has 0 aliphatic rings. The number of aryl methyl sites for hydroxylation is 1. The van der Waals surface area contributed by atoms with E-state index in [0.717, 1.165) is 21.4 Å². The second kappa shape index (κ2) is 5.13. The summed E-state index contributed by atoms with van der Waals surface area (Å²) in [7, 11) is 0. The van der Waals surface area contributed by atoms with Crippen molar-refractivity contribution in [2.45, 2.75) is 13.5 Å². The standard InChI is InChI=1S/C14H12BrN3O2/c1-8-4-10(15)7-17-13(8)16-6-9-2-3-12-11(5-9)18-14(19)20-12/h2-5,7H,6H2,1H3,(H,16,17)(H,18,19). The molecule has 0 saturated heterocycles. The van der Waals surface area contributed by atoms with Crippen LogP contribution < -0.4 is 11.1 Å². The maximum Gasteiger partial charge on any atom is 0.417 e. The van der Waals surface area contributed by atoms with Gasteiger partial charge in [-0.2, -0.15) is 0 Å². The van der Waals surface area contributed by atoms with Gasteiger partial charge in [0.2, 0.25) is 0 Å². The van der Waals surface area contributed by atoms with E-state index in [9.17, 15) is 4.79 Å². The molecule has 0 spiro atoms. The third kappa shape index (κ3) is 2.60. The fraction of sp³-hybridized carbons (Fsp3) is 0.143. The van der Waals surface area contributed by atoms with E-state index in [-0.39, 0.29) is 0 Å². The molecular formula is C14H12BrN3O2. The highest BCUT2D eigenvalue weighted by Gasteiger charge is 2.04. The topological polar surface area (TPSA) is 70.9 Å². The van der Waals surface area contributed by atoms with E-state index >= 15 is 0 Å². The lowest BCUT2D eigenvalue weighted by Gasteiger charge is -2.08. The Morgan fingerprint density at radius 2 is 2.25 bits per heavy atom. The second-order valence-electron chi connectivity index (χ2n) is 4.52. The maximum atomic E-state index is 11.1. The fourth-order valence-electron chi connectivity index (χ4n) is 2.02. The van der Waals surface area contributed by atoms with Crippen molar-refractivity contribution in [3.63, 3.8) is 0 Å². The van der Waals surface area contributed by atoms with Gasteiger partial charge < -0.3 is 9.73 Å². The van der Waals surface area contributed by atoms with Crippen molar-refractivity contribution in [2.24, 2.45) is 0 Å². The van der Waals surface area contributed by atoms with E-state index in [1.807, 2.05) is 25.1 Å². The van der Waals surface area contributed by atoms with Gasteiger partial charge in [0.05, 0.1) is 5.52 Å². The van der Waals surface area contributed by atoms with Gasteiger partial charge in [-0.15, -0.1) is 0 Å². The number of anilines is 1. The molecule has 0 atom stereocenters. The van der Waals surface area contributed by atoms with Crippen molar-refractivity contribution >= 4 is 32.8 Å². The van der Waals surface area contributed by atoms with Crippen LogP contribution in [0.1, 0.15) is 11.1 Å². The minimum Gasteiger partial charge on any atom is -0.408 e. The Morgan fingerprint density at radius 1 is 1.40 bits per heavy atom. The van der Waals surface area contributed by atoms with Gasteiger partial charge >= 0.3 is 5.76 Å². The monoisotopic (exact) mass is 333 g/mol. The summed E-state index contributed by atoms with van der Waals surface area (Å²) < 4.78 is 5.93. The molecule has 0 fully saturated rings. The Labute approximate surface area is 123 Å². The molecule has 2 N–H and O–H groups in total. The lowest BCUT2D eigenvalue weighted by molar-refractivity contribution is 0.555. The molecule has 3 rings (SSSR count). The van der Waals surface area contributed by atoms with Gasteiger partial charge in [0.25, 0.3) is 0 Å². The van der Waals surface area contributed by atoms with E-state index in [1.165, 1.54) is 0 Å². The first-order valence-electron chi connectivity index (χ1n) is 6.09. The smallest absolute Gasteiger partial charge is 0.408 e. The first-order chi connectivity index (χ1) is 9.61. The average Bonchev–Trinajstić information content (AvgIpc) is 2.77. The number of benzene rings is 1. The van der Waals surface area contributed by atoms with Crippen LogP contribution in [0.25, 0.3) is 11.1 Å². The van der Waals surface area contributed by atoms with Crippen LogP contribution in [-0.4, -0.2) is 9.97 Å². The third-order valence-electron chi connectivity index (χ3n) is 2.99. The predicted octanol–water partition coefficient (Wildman–Crippen LogP) is 3.20. The van der Waals surface area contributed by atoms with E-state index in [4.69, 9.17) is 4.42 Å². The number of H-pyrrole nitrogens is 1. The summed E-state index contributed by atoms with van der Waals surface area (Å²) >= 11 is 3.39. The molecule has 1 aromatic carbocycles. The molecule has 102 valence electrons. The van der Waals surface area contributed by atoms with Crippen LogP contribution in [0.5, 0.6) is 0 Å². The third-order valence-corrected chi connectivity index (χ3v) is 3.42. The highest BCUT2D eigenvalue weighted by atomic mass is 79.9. The number of nitrogens with one attached hydrogen (secondary N) is 2. The lowest BCUT2D eigenvalue weighted by atomic mass is 10.2. The van der Waals surface area contributed by atoms with Gasteiger partial charge in [-0.25, -0.2) is 9.78 Å². The number of fused-ring (bicyclic) bond motifs is 1. The normalized spacial score (nSPS) is 10.9. The molecule has 20 heavy (non-hydrogen) atoms. The summed E-state index contributed by atoms with van der Waals surface area (Å²) in [4.78, 5) is 18.1. The van der Waals surface area contributed by atoms with Gasteiger partial charge in [0.1, 0.15) is 5.82 Å². The number of aromatic amines is 1. The van der Waals surface area contributed by atoms with Crippen molar-refractivity contribution in [3.8, 4) is 0 Å². The van der Waals surface area contributed by atoms with E-state index in [1.54, 1.807) is 12.3 Å². The summed E-state index contributed by atoms with van der Waals surface area (Å²) in [6.07, 6.45) is 1.76. The van der Waals surface area contributed by atoms with E-state index in [0.29, 0.717) is 17.6 Å². The number of hydrogen-bond acceptors (Lipinski definition) is 4. The molecule has 0 radical (unpaired) electrons. The molecule has 0 saturated carbocycles. The van der Waals surface area contributed by atoms with Crippen LogP contribution >= 0.6 is 15.9 Å². The Morgan fingerprint density at radius 3 is 3.05 bits per heavy atom. The average molecular weight is 334 g/mol. The molecule has 3 aromatic rings. The molecule has 0 unspecified atom stereocenters. The maximum absolute atomic E-state index is 11.1. The number of nitrogens with zero attached hydrogens (tertiary/aromatic N) is 1. The van der Waals surface area contributed by atoms with Crippen molar-refractivity contribution in [3.05, 3.63) is 56.6 Å². The zero-order chi connectivity index (χ0) is 14.1. The lowest BCUT2D eigenvalue weighted by Crippen LogP contribution is -2.03. The predicted molar refractivity (Wildman–Crippen MR) is 80.8 cm³/mol. The SMILES string of the molecule is Cc1cc(Br)cnc1NCc1ccc2oc(=O)[nH]c2c1. The number of rotatable bonds is 3. The van der Waals surface area contributed by atoms with Crippen molar-refractivity contribution in [1.82, 2.24) is 9.97 Å². The van der Waals surface area contributed by atoms with Gasteiger partial charge in [0.15, 0.2) is 5.58 Å². The van der Waals surface area contributed by atoms with Gasteiger partial charge in [0, 0.05) is 17.2 Å². The molecule has 0 aliphatic heterocycles. The van der Waals surface area contributed by atoms with Crippen molar-refractivity contribution < 1.29 is 4.42 Å². The van der Waals surface area contributed by atoms with Crippen molar-refractivity contribution in [1.29, 1.82) is 0 Å². The van der Waals surface area contributed by atoms with E-state index in [2.05, 4.69) is 31.2 Å². The molecule has 2 heterocycles. The van der Waals surface area contributed by atoms with Crippen LogP contribution in [0.2, 0.25) is 0 Å². The molecule has 6 heteroatoms. The quantitative estimate of drug-likeness (QED) is 0.772. The number of pyridine rings is 1. The summed E-state index contributed by atoms with van der Waals surface area (Å²) in [5, 5.41) is 3.27. The van der Waals surface area contributed by atoms with Crippen molar-refractivity contribution in [2.75, 3.05) is 5.32 Å². The van der Waals surface area contributed by atoms with Crippen LogP contribution in [0.15, 0.2) is 44.1 Å². The van der Waals surface area contributed by atoms with Gasteiger partial charge in [-0.3, -0.25) is 4.98 Å². The number of oxazole rings is 1. The largest absolute Gasteiger partial charge is 0.417 e. The van der Waals surface area contributed by atoms with Gasteiger partial charge in [-0.1, -0.05) is 6.07 Å². The highest BCUT2D eigenvalue weighted by molar-refractivity contribution is 9.10. The number of aromatic nitrogens is 2. The van der Waals surface area contributed by atoms with Crippen LogP contribution in [0.4, 0.5) is 5.82 Å². The number of hydrogen-bond donors (Lipinski definition) is 2. The molecule has 2 aromatic heterocycles. The van der Waals surface area contributed by atoms with Crippen LogP contribution in [-0.2, 0) is 6.54 Å². The zero-order valence-electron chi connectivity index (χ0n) is 10.7. The Kier molecular flexibility index (Phi) is 3.31. The first kappa shape index (κ1) is 12.9. The first-order valence-corrected chi connectivity index (χ1v) is 6.89. The zero-order valence-corrected chi connectivity index (χ0v) is 12.3. The summed E-state index contributed by atoms with van der Waals surface area (Å²) in [6.45, 7) is 2.62. The highest BCUT2D eigenvalue weighted by Crippen LogP contribution is 2.18. The molecule has 0 amide bonds. The number of halogens is 1. The summed E-state index contributed by atoms with van der Waals surface area (Å²) in [5.41, 5.74) is 3.38. The minimum atomic E-state index is -0.435. The second-order valence-corrected chi connectivity index (χ2v) is 5.43. The van der Waals surface area contributed by atoms with E-state index < -0.39 is 5.76 Å². The fourth-order valence-corrected chi connectivity index (χ4v) is 2.47. The Hall–Kier alpha value is -2.08. The Balaban J connectivity index is 1.80. The van der Waals surface area contributed by atoms with Crippen LogP contribution in [0, 0.1) is 6.92 Å². The Bertz CT molecular complexity index is 823. The molecule has 0 bridgehead atoms. The summed E-state index contributed by atoms with van der Waals surface area (Å²) in [5.74, 6) is 0.407. The van der Waals surface area contributed by atoms with Crippen LogP contribution in [0.3, 0.4) is 0 Å². The molecule has 5 nitrogen and oxygen atoms in total. The molecular weight excluding hydrogens is 322 g/mol. The molecule has 0 aliphatic carbocycles. The van der Waals surface area contributed by atoms with Gasteiger partial charge in [-0.05, 0) is 52.2 Å². The minimum absolute atomic E-state index is 0.435.